The average molecular weight is 294 g/mol. The van der Waals surface area contributed by atoms with Gasteiger partial charge in [-0.3, -0.25) is 9.89 Å². The molecule has 0 aromatic carbocycles. The Balaban J connectivity index is 1.76. The lowest BCUT2D eigenvalue weighted by atomic mass is 10.1. The third kappa shape index (κ3) is 6.25. The van der Waals surface area contributed by atoms with Crippen LogP contribution in [-0.4, -0.2) is 49.1 Å². The summed E-state index contributed by atoms with van der Waals surface area (Å²) in [7, 11) is 0. The monoisotopic (exact) mass is 294 g/mol. The summed E-state index contributed by atoms with van der Waals surface area (Å²) < 4.78 is 0. The van der Waals surface area contributed by atoms with Crippen LogP contribution >= 0.6 is 0 Å². The van der Waals surface area contributed by atoms with E-state index in [0.717, 1.165) is 37.6 Å². The lowest BCUT2D eigenvalue weighted by Gasteiger charge is -2.23. The minimum Gasteiger partial charge on any atom is -0.357 e. The first-order valence-corrected chi connectivity index (χ1v) is 8.89. The molecule has 0 bridgehead atoms. The summed E-state index contributed by atoms with van der Waals surface area (Å²) in [4.78, 5) is 7.44. The number of aliphatic imine (C=N–C) groups is 1. The van der Waals surface area contributed by atoms with Crippen molar-refractivity contribution in [3.05, 3.63) is 0 Å². The van der Waals surface area contributed by atoms with Gasteiger partial charge < -0.3 is 10.6 Å². The number of nitrogens with zero attached hydrogens (tertiary/aromatic N) is 2. The summed E-state index contributed by atoms with van der Waals surface area (Å²) in [6.45, 7) is 13.1. The molecule has 4 heteroatoms. The first kappa shape index (κ1) is 16.6. The maximum absolute atomic E-state index is 4.77. The van der Waals surface area contributed by atoms with Crippen LogP contribution < -0.4 is 10.6 Å². The van der Waals surface area contributed by atoms with E-state index in [1.54, 1.807) is 0 Å². The predicted octanol–water partition coefficient (Wildman–Crippen LogP) is 2.46. The Morgan fingerprint density at radius 1 is 1.19 bits per heavy atom. The van der Waals surface area contributed by atoms with Gasteiger partial charge in [0, 0.05) is 31.7 Å². The van der Waals surface area contributed by atoms with Gasteiger partial charge in [0.05, 0.1) is 6.54 Å². The molecule has 0 aliphatic heterocycles. The van der Waals surface area contributed by atoms with E-state index in [4.69, 9.17) is 4.99 Å². The van der Waals surface area contributed by atoms with E-state index in [1.165, 1.54) is 32.2 Å². The zero-order valence-corrected chi connectivity index (χ0v) is 14.4. The van der Waals surface area contributed by atoms with Crippen molar-refractivity contribution in [1.29, 1.82) is 0 Å². The Labute approximate surface area is 130 Å². The zero-order chi connectivity index (χ0) is 15.2. The summed E-state index contributed by atoms with van der Waals surface area (Å²) in [5.74, 6) is 2.58. The van der Waals surface area contributed by atoms with E-state index < -0.39 is 0 Å². The fourth-order valence-corrected chi connectivity index (χ4v) is 2.49. The molecule has 0 radical (unpaired) electrons. The molecule has 2 aliphatic rings. The van der Waals surface area contributed by atoms with Crippen molar-refractivity contribution in [3.8, 4) is 0 Å². The number of nitrogens with one attached hydrogen (secondary N) is 2. The first-order chi connectivity index (χ1) is 10.1. The molecule has 2 aliphatic carbocycles. The summed E-state index contributed by atoms with van der Waals surface area (Å²) in [5, 5.41) is 6.87. The second-order valence-electron chi connectivity index (χ2n) is 7.11. The quantitative estimate of drug-likeness (QED) is 0.507. The van der Waals surface area contributed by atoms with Crippen molar-refractivity contribution < 1.29 is 0 Å². The molecule has 2 rings (SSSR count). The second kappa shape index (κ2) is 8.02. The predicted molar refractivity (Wildman–Crippen MR) is 90.7 cm³/mol. The lowest BCUT2D eigenvalue weighted by molar-refractivity contribution is 0.260. The number of guanidine groups is 1. The van der Waals surface area contributed by atoms with Crippen LogP contribution in [0.1, 0.15) is 53.4 Å². The number of hydrogen-bond acceptors (Lipinski definition) is 2. The molecule has 4 nitrogen and oxygen atoms in total. The Hall–Kier alpha value is -0.770. The SMILES string of the molecule is CCNC(=NCCN(CC1CC1)C1CC1)NC(C)C(C)C. The fraction of sp³-hybridized carbons (Fsp3) is 0.941. The van der Waals surface area contributed by atoms with Gasteiger partial charge in [-0.25, -0.2) is 0 Å². The molecule has 0 amide bonds. The van der Waals surface area contributed by atoms with Crippen LogP contribution in [0.5, 0.6) is 0 Å². The van der Waals surface area contributed by atoms with Gasteiger partial charge in [-0.15, -0.1) is 0 Å². The van der Waals surface area contributed by atoms with E-state index in [9.17, 15) is 0 Å². The van der Waals surface area contributed by atoms with Gasteiger partial charge in [-0.2, -0.15) is 0 Å². The van der Waals surface area contributed by atoms with Crippen LogP contribution in [0.25, 0.3) is 0 Å². The van der Waals surface area contributed by atoms with Gasteiger partial charge in [0.2, 0.25) is 0 Å². The van der Waals surface area contributed by atoms with Gasteiger partial charge in [-0.1, -0.05) is 13.8 Å². The summed E-state index contributed by atoms with van der Waals surface area (Å²) in [6, 6.07) is 1.32. The molecule has 1 unspecified atom stereocenters. The molecular formula is C17H34N4. The highest BCUT2D eigenvalue weighted by molar-refractivity contribution is 5.80. The minimum absolute atomic E-state index is 0.453. The van der Waals surface area contributed by atoms with E-state index in [1.807, 2.05) is 0 Å². The topological polar surface area (TPSA) is 39.7 Å². The van der Waals surface area contributed by atoms with Crippen molar-refractivity contribution in [3.63, 3.8) is 0 Å². The molecule has 2 saturated carbocycles. The first-order valence-electron chi connectivity index (χ1n) is 8.89. The van der Waals surface area contributed by atoms with Crippen LogP contribution in [-0.2, 0) is 0 Å². The van der Waals surface area contributed by atoms with Crippen LogP contribution in [0, 0.1) is 11.8 Å². The van der Waals surface area contributed by atoms with E-state index in [-0.39, 0.29) is 0 Å². The smallest absolute Gasteiger partial charge is 0.191 e. The maximum Gasteiger partial charge on any atom is 0.191 e. The number of rotatable bonds is 9. The largest absolute Gasteiger partial charge is 0.357 e. The fourth-order valence-electron chi connectivity index (χ4n) is 2.49. The van der Waals surface area contributed by atoms with E-state index >= 15 is 0 Å². The highest BCUT2D eigenvalue weighted by atomic mass is 15.2. The highest BCUT2D eigenvalue weighted by Crippen LogP contribution is 2.34. The normalized spacial score (nSPS) is 21.0. The Bertz CT molecular complexity index is 332. The van der Waals surface area contributed by atoms with Crippen molar-refractivity contribution in [2.24, 2.45) is 16.8 Å². The van der Waals surface area contributed by atoms with Crippen LogP contribution in [0.3, 0.4) is 0 Å². The Morgan fingerprint density at radius 2 is 1.90 bits per heavy atom. The Kier molecular flexibility index (Phi) is 6.34. The average Bonchev–Trinajstić information content (AvgIpc) is 3.30. The third-order valence-corrected chi connectivity index (χ3v) is 4.62. The standard InChI is InChI=1S/C17H34N4/c1-5-18-17(20-14(4)13(2)3)19-10-11-21(16-8-9-16)12-15-6-7-15/h13-16H,5-12H2,1-4H3,(H2,18,19,20). The molecular weight excluding hydrogens is 260 g/mol. The van der Waals surface area contributed by atoms with Crippen molar-refractivity contribution in [1.82, 2.24) is 15.5 Å². The second-order valence-corrected chi connectivity index (χ2v) is 7.11. The summed E-state index contributed by atoms with van der Waals surface area (Å²) >= 11 is 0. The van der Waals surface area contributed by atoms with Crippen LogP contribution in [0.15, 0.2) is 4.99 Å². The van der Waals surface area contributed by atoms with Crippen LogP contribution in [0.4, 0.5) is 0 Å². The molecule has 1 atom stereocenters. The molecule has 0 saturated heterocycles. The minimum atomic E-state index is 0.453. The van der Waals surface area contributed by atoms with Gasteiger partial charge in [0.15, 0.2) is 5.96 Å². The van der Waals surface area contributed by atoms with Gasteiger partial charge in [0.25, 0.3) is 0 Å². The lowest BCUT2D eigenvalue weighted by Crippen LogP contribution is -2.44. The molecule has 0 aromatic heterocycles. The Morgan fingerprint density at radius 3 is 2.43 bits per heavy atom. The van der Waals surface area contributed by atoms with E-state index in [0.29, 0.717) is 12.0 Å². The van der Waals surface area contributed by atoms with Crippen LogP contribution in [0.2, 0.25) is 0 Å². The van der Waals surface area contributed by atoms with Gasteiger partial charge >= 0.3 is 0 Å². The third-order valence-electron chi connectivity index (χ3n) is 4.62. The van der Waals surface area contributed by atoms with Gasteiger partial charge in [-0.05, 0) is 51.4 Å². The van der Waals surface area contributed by atoms with Crippen molar-refractivity contribution in [2.75, 3.05) is 26.2 Å². The molecule has 21 heavy (non-hydrogen) atoms. The molecule has 122 valence electrons. The molecule has 0 heterocycles. The maximum atomic E-state index is 4.77. The summed E-state index contributed by atoms with van der Waals surface area (Å²) in [6.07, 6.45) is 5.70. The van der Waals surface area contributed by atoms with Crippen molar-refractivity contribution in [2.45, 2.75) is 65.5 Å². The molecule has 2 N–H and O–H groups in total. The van der Waals surface area contributed by atoms with E-state index in [2.05, 4.69) is 43.2 Å². The van der Waals surface area contributed by atoms with Gasteiger partial charge in [0.1, 0.15) is 0 Å². The van der Waals surface area contributed by atoms with Crippen molar-refractivity contribution >= 4 is 5.96 Å². The summed E-state index contributed by atoms with van der Waals surface area (Å²) in [5.41, 5.74) is 0. The molecule has 0 spiro atoms. The number of hydrogen-bond donors (Lipinski definition) is 2. The zero-order valence-electron chi connectivity index (χ0n) is 14.4. The highest BCUT2D eigenvalue weighted by Gasteiger charge is 2.33. The molecule has 2 fully saturated rings. The molecule has 0 aromatic rings.